The Morgan fingerprint density at radius 1 is 1.50 bits per heavy atom. The smallest absolute Gasteiger partial charge is 0.390 e. The van der Waals surface area contributed by atoms with E-state index in [-0.39, 0.29) is 12.5 Å². The Morgan fingerprint density at radius 2 is 2.15 bits per heavy atom. The maximum absolute atomic E-state index is 12.8. The molecule has 0 bridgehead atoms. The number of halogens is 3. The lowest BCUT2D eigenvalue weighted by Gasteiger charge is -2.42. The molecule has 3 N–H and O–H groups in total. The minimum Gasteiger partial charge on any atom is -0.390 e. The lowest BCUT2D eigenvalue weighted by Crippen LogP contribution is -2.62. The fraction of sp³-hybridized carbons (Fsp3) is 0.909. The number of ether oxygens (including phenoxy) is 1. The molecule has 2 rings (SSSR count). The molecule has 9 heteroatoms. The van der Waals surface area contributed by atoms with Gasteiger partial charge in [0.1, 0.15) is 11.5 Å². The monoisotopic (exact) mass is 314 g/mol. The molecule has 20 heavy (non-hydrogen) atoms. The van der Waals surface area contributed by atoms with E-state index in [9.17, 15) is 23.4 Å². The summed E-state index contributed by atoms with van der Waals surface area (Å²) in [7, 11) is 0. The lowest BCUT2D eigenvalue weighted by molar-refractivity contribution is -0.309. The highest BCUT2D eigenvalue weighted by Gasteiger charge is 2.60. The van der Waals surface area contributed by atoms with E-state index in [1.54, 1.807) is 0 Å². The maximum Gasteiger partial charge on any atom is 0.419 e. The summed E-state index contributed by atoms with van der Waals surface area (Å²) < 4.78 is 43.8. The molecule has 0 saturated carbocycles. The van der Waals surface area contributed by atoms with Gasteiger partial charge in [-0.15, -0.1) is 0 Å². The average Bonchev–Trinajstić information content (AvgIpc) is 2.68. The fourth-order valence-electron chi connectivity index (χ4n) is 2.26. The van der Waals surface area contributed by atoms with Gasteiger partial charge in [0.05, 0.1) is 12.1 Å². The van der Waals surface area contributed by atoms with Gasteiger partial charge in [-0.3, -0.25) is 4.99 Å². The van der Waals surface area contributed by atoms with Crippen LogP contribution in [-0.4, -0.2) is 57.4 Å². The third-order valence-corrected chi connectivity index (χ3v) is 4.56. The van der Waals surface area contributed by atoms with E-state index in [2.05, 4.69) is 10.3 Å². The second-order valence-corrected chi connectivity index (χ2v) is 6.11. The Kier molecular flexibility index (Phi) is 4.25. The zero-order chi connectivity index (χ0) is 15.1. The molecule has 116 valence electrons. The number of nitrogens with zero attached hydrogens (tertiary/aromatic N) is 1. The highest BCUT2D eigenvalue weighted by molar-refractivity contribution is 8.14. The Balaban J connectivity index is 2.14. The first-order chi connectivity index (χ1) is 9.16. The molecule has 0 radical (unpaired) electrons. The molecule has 0 amide bonds. The summed E-state index contributed by atoms with van der Waals surface area (Å²) in [6, 6.07) is -0.305. The molecule has 2 fully saturated rings. The zero-order valence-electron chi connectivity index (χ0n) is 11.0. The number of thioether (sulfide) groups is 1. The van der Waals surface area contributed by atoms with E-state index in [4.69, 9.17) is 4.74 Å². The standard InChI is InChI=1S/C11H17F3N2O3S/c1-3-15-9-16-5-4-6(17)7(19-8(5)20-9)10(2,18)11(12,13)14/h5-8,17-18H,3-4H2,1-2H3,(H,15,16). The molecule has 0 aromatic heterocycles. The summed E-state index contributed by atoms with van der Waals surface area (Å²) in [5, 5.41) is 23.1. The van der Waals surface area contributed by atoms with Gasteiger partial charge in [-0.1, -0.05) is 11.8 Å². The molecule has 0 aromatic rings. The van der Waals surface area contributed by atoms with Gasteiger partial charge < -0.3 is 20.3 Å². The zero-order valence-corrected chi connectivity index (χ0v) is 11.8. The Labute approximate surface area is 118 Å². The van der Waals surface area contributed by atoms with E-state index in [0.717, 1.165) is 0 Å². The summed E-state index contributed by atoms with van der Waals surface area (Å²) in [4.78, 5) is 4.13. The van der Waals surface area contributed by atoms with Gasteiger partial charge in [-0.25, -0.2) is 0 Å². The van der Waals surface area contributed by atoms with Crippen molar-refractivity contribution in [1.82, 2.24) is 5.32 Å². The van der Waals surface area contributed by atoms with Crippen LogP contribution in [0.25, 0.3) is 0 Å². The number of nitrogens with one attached hydrogen (secondary N) is 1. The van der Waals surface area contributed by atoms with E-state index < -0.39 is 29.4 Å². The molecule has 2 heterocycles. The Morgan fingerprint density at radius 3 is 2.70 bits per heavy atom. The molecule has 2 aliphatic rings. The van der Waals surface area contributed by atoms with Gasteiger partial charge in [0, 0.05) is 6.54 Å². The molecule has 5 nitrogen and oxygen atoms in total. The van der Waals surface area contributed by atoms with Crippen molar-refractivity contribution in [3.8, 4) is 0 Å². The van der Waals surface area contributed by atoms with Crippen LogP contribution in [0.5, 0.6) is 0 Å². The van der Waals surface area contributed by atoms with E-state index in [1.165, 1.54) is 11.8 Å². The molecule has 2 saturated heterocycles. The molecular weight excluding hydrogens is 297 g/mol. The average molecular weight is 314 g/mol. The van der Waals surface area contributed by atoms with Gasteiger partial charge in [0.15, 0.2) is 10.8 Å². The number of aliphatic hydroxyl groups is 2. The topological polar surface area (TPSA) is 74.1 Å². The summed E-state index contributed by atoms with van der Waals surface area (Å²) in [5.74, 6) is 0. The van der Waals surface area contributed by atoms with Crippen molar-refractivity contribution in [2.45, 2.75) is 55.7 Å². The molecule has 5 unspecified atom stereocenters. The van der Waals surface area contributed by atoms with Gasteiger partial charge in [-0.05, 0) is 20.3 Å². The maximum atomic E-state index is 12.8. The normalized spacial score (nSPS) is 39.2. The van der Waals surface area contributed by atoms with E-state index in [0.29, 0.717) is 18.6 Å². The number of hydrogen-bond donors (Lipinski definition) is 3. The fourth-order valence-corrected chi connectivity index (χ4v) is 3.42. The number of aliphatic hydroxyl groups excluding tert-OH is 1. The Bertz CT molecular complexity index is 403. The van der Waals surface area contributed by atoms with Crippen molar-refractivity contribution >= 4 is 16.9 Å². The third-order valence-electron chi connectivity index (χ3n) is 3.42. The van der Waals surface area contributed by atoms with Crippen LogP contribution in [0.15, 0.2) is 4.99 Å². The minimum atomic E-state index is -4.87. The van der Waals surface area contributed by atoms with Gasteiger partial charge in [-0.2, -0.15) is 13.2 Å². The number of alkyl halides is 3. The summed E-state index contributed by atoms with van der Waals surface area (Å²) in [6.45, 7) is 3.00. The lowest BCUT2D eigenvalue weighted by atomic mass is 9.88. The first-order valence-electron chi connectivity index (χ1n) is 6.27. The van der Waals surface area contributed by atoms with Gasteiger partial charge >= 0.3 is 6.18 Å². The van der Waals surface area contributed by atoms with Crippen LogP contribution in [0.1, 0.15) is 20.3 Å². The van der Waals surface area contributed by atoms with Crippen LogP contribution in [-0.2, 0) is 4.74 Å². The number of fused-ring (bicyclic) bond motifs is 1. The minimum absolute atomic E-state index is 0.0668. The van der Waals surface area contributed by atoms with Crippen LogP contribution < -0.4 is 5.32 Å². The van der Waals surface area contributed by atoms with Crippen LogP contribution in [0.2, 0.25) is 0 Å². The first-order valence-corrected chi connectivity index (χ1v) is 7.15. The van der Waals surface area contributed by atoms with Crippen molar-refractivity contribution in [3.05, 3.63) is 0 Å². The quantitative estimate of drug-likeness (QED) is 0.705. The van der Waals surface area contributed by atoms with Crippen LogP contribution in [0.3, 0.4) is 0 Å². The molecule has 0 spiro atoms. The highest BCUT2D eigenvalue weighted by Crippen LogP contribution is 2.42. The highest BCUT2D eigenvalue weighted by atomic mass is 32.2. The summed E-state index contributed by atoms with van der Waals surface area (Å²) in [6.07, 6.45) is -7.92. The summed E-state index contributed by atoms with van der Waals surface area (Å²) in [5.41, 5.74) is -3.69. The van der Waals surface area contributed by atoms with Gasteiger partial charge in [0.2, 0.25) is 0 Å². The molecular formula is C11H17F3N2O3S. The number of amidine groups is 1. The van der Waals surface area contributed by atoms with Crippen LogP contribution in [0.4, 0.5) is 13.2 Å². The number of hydrogen-bond acceptors (Lipinski definition) is 5. The van der Waals surface area contributed by atoms with Crippen LogP contribution in [0, 0.1) is 0 Å². The molecule has 0 aromatic carbocycles. The second kappa shape index (κ2) is 5.36. The molecule has 2 aliphatic heterocycles. The first kappa shape index (κ1) is 15.9. The van der Waals surface area contributed by atoms with Crippen molar-refractivity contribution in [2.75, 3.05) is 6.54 Å². The predicted octanol–water partition coefficient (Wildman–Crippen LogP) is 0.857. The third kappa shape index (κ3) is 2.76. The van der Waals surface area contributed by atoms with Crippen molar-refractivity contribution in [3.63, 3.8) is 0 Å². The number of rotatable bonds is 2. The van der Waals surface area contributed by atoms with Crippen molar-refractivity contribution in [2.24, 2.45) is 4.99 Å². The number of aliphatic imine (C=N–C) groups is 1. The van der Waals surface area contributed by atoms with E-state index in [1.807, 2.05) is 6.92 Å². The van der Waals surface area contributed by atoms with Gasteiger partial charge in [0.25, 0.3) is 0 Å². The molecule has 5 atom stereocenters. The Hall–Kier alpha value is -0.510. The van der Waals surface area contributed by atoms with E-state index >= 15 is 0 Å². The SMILES string of the molecule is CCN=C1NC2CC(O)C(C(C)(O)C(F)(F)F)OC2S1. The van der Waals surface area contributed by atoms with Crippen molar-refractivity contribution in [1.29, 1.82) is 0 Å². The van der Waals surface area contributed by atoms with Crippen molar-refractivity contribution < 1.29 is 28.1 Å². The largest absolute Gasteiger partial charge is 0.419 e. The molecule has 0 aliphatic carbocycles. The van der Waals surface area contributed by atoms with Crippen LogP contribution >= 0.6 is 11.8 Å². The predicted molar refractivity (Wildman–Crippen MR) is 68.5 cm³/mol. The summed E-state index contributed by atoms with van der Waals surface area (Å²) >= 11 is 1.18. The second-order valence-electron chi connectivity index (χ2n) is 5.02.